The highest BCUT2D eigenvalue weighted by molar-refractivity contribution is 6.05. The van der Waals surface area contributed by atoms with Gasteiger partial charge in [0, 0.05) is 32.8 Å². The van der Waals surface area contributed by atoms with Crippen LogP contribution in [0.3, 0.4) is 0 Å². The quantitative estimate of drug-likeness (QED) is 0.635. The number of fused-ring (bicyclic) bond motifs is 1. The van der Waals surface area contributed by atoms with E-state index in [9.17, 15) is 9.59 Å². The maximum Gasteiger partial charge on any atom is 0.263 e. The predicted molar refractivity (Wildman–Crippen MR) is 112 cm³/mol. The molecule has 0 saturated carbocycles. The van der Waals surface area contributed by atoms with Crippen molar-refractivity contribution in [3.05, 3.63) is 35.8 Å². The molecule has 4 rings (SSSR count). The number of aromatic nitrogens is 6. The van der Waals surface area contributed by atoms with E-state index in [1.54, 1.807) is 26.2 Å². The molecule has 0 fully saturated rings. The summed E-state index contributed by atoms with van der Waals surface area (Å²) in [5, 5.41) is 15.5. The van der Waals surface area contributed by atoms with Crippen LogP contribution in [-0.2, 0) is 17.8 Å². The van der Waals surface area contributed by atoms with E-state index in [1.807, 2.05) is 6.07 Å². The largest absolute Gasteiger partial charge is 0.479 e. The van der Waals surface area contributed by atoms with E-state index in [-0.39, 0.29) is 23.9 Å². The van der Waals surface area contributed by atoms with Gasteiger partial charge in [-0.05, 0) is 25.5 Å². The Balaban J connectivity index is 1.55. The highest BCUT2D eigenvalue weighted by atomic mass is 16.5. The molecule has 0 radical (unpaired) electrons. The standard InChI is InChI=1S/C20H24N8O3/c1-12-8-9-16-23-24-18(28(12)16)14-6-5-7-15(21-14)22-19(30)13-10-27(25-20(13)31-4)11-17(29)26(2)3/h5-7,10,12H,8-9,11H2,1-4H3,(H,21,22,30)/t12-/m0/s1. The molecule has 0 bridgehead atoms. The van der Waals surface area contributed by atoms with E-state index in [0.717, 1.165) is 18.7 Å². The highest BCUT2D eigenvalue weighted by Crippen LogP contribution is 2.30. The van der Waals surface area contributed by atoms with Gasteiger partial charge in [0.1, 0.15) is 29.4 Å². The summed E-state index contributed by atoms with van der Waals surface area (Å²) in [7, 11) is 4.73. The lowest BCUT2D eigenvalue weighted by molar-refractivity contribution is -0.129. The SMILES string of the molecule is COc1nn(CC(=O)N(C)C)cc1C(=O)Nc1cccc(-c2nnc3n2[C@@H](C)CC3)n1. The first-order valence-electron chi connectivity index (χ1n) is 9.91. The number of carbonyl (C=O) groups is 2. The molecule has 1 N–H and O–H groups in total. The Bertz CT molecular complexity index is 1130. The average molecular weight is 424 g/mol. The Morgan fingerprint density at radius 2 is 2.10 bits per heavy atom. The van der Waals surface area contributed by atoms with E-state index < -0.39 is 5.91 Å². The Morgan fingerprint density at radius 3 is 2.84 bits per heavy atom. The second-order valence-corrected chi connectivity index (χ2v) is 7.60. The molecular formula is C20H24N8O3. The van der Waals surface area contributed by atoms with E-state index in [1.165, 1.54) is 22.9 Å². The summed E-state index contributed by atoms with van der Waals surface area (Å²) in [5.74, 6) is 1.53. The molecule has 1 aliphatic heterocycles. The minimum atomic E-state index is -0.440. The summed E-state index contributed by atoms with van der Waals surface area (Å²) < 4.78 is 8.67. The van der Waals surface area contributed by atoms with E-state index in [4.69, 9.17) is 4.74 Å². The van der Waals surface area contributed by atoms with Crippen LogP contribution >= 0.6 is 0 Å². The van der Waals surface area contributed by atoms with Gasteiger partial charge in [-0.15, -0.1) is 15.3 Å². The van der Waals surface area contributed by atoms with E-state index in [0.29, 0.717) is 23.4 Å². The topological polar surface area (TPSA) is 120 Å². The van der Waals surface area contributed by atoms with Crippen LogP contribution in [0.15, 0.2) is 24.4 Å². The Labute approximate surface area is 179 Å². The number of methoxy groups -OCH3 is 1. The molecule has 0 spiro atoms. The number of hydrogen-bond acceptors (Lipinski definition) is 7. The number of amides is 2. The zero-order valence-electron chi connectivity index (χ0n) is 17.9. The van der Waals surface area contributed by atoms with Crippen molar-refractivity contribution in [1.82, 2.24) is 34.4 Å². The number of rotatable bonds is 6. The van der Waals surface area contributed by atoms with Crippen molar-refractivity contribution >= 4 is 17.6 Å². The summed E-state index contributed by atoms with van der Waals surface area (Å²) >= 11 is 0. The minimum absolute atomic E-state index is 0.000547. The number of likely N-dealkylation sites (N-methyl/N-ethyl adjacent to an activating group) is 1. The molecular weight excluding hydrogens is 400 g/mol. The Kier molecular flexibility index (Phi) is 5.40. The molecule has 1 aliphatic rings. The summed E-state index contributed by atoms with van der Waals surface area (Å²) in [6, 6.07) is 5.64. The summed E-state index contributed by atoms with van der Waals surface area (Å²) in [6.07, 6.45) is 3.39. The van der Waals surface area contributed by atoms with Crippen molar-refractivity contribution in [1.29, 1.82) is 0 Å². The van der Waals surface area contributed by atoms with Gasteiger partial charge >= 0.3 is 0 Å². The number of nitrogens with zero attached hydrogens (tertiary/aromatic N) is 7. The zero-order chi connectivity index (χ0) is 22.1. The van der Waals surface area contributed by atoms with Gasteiger partial charge in [-0.2, -0.15) is 0 Å². The third kappa shape index (κ3) is 3.98. The number of anilines is 1. The van der Waals surface area contributed by atoms with Crippen molar-refractivity contribution in [2.24, 2.45) is 0 Å². The molecule has 11 nitrogen and oxygen atoms in total. The fraction of sp³-hybridized carbons (Fsp3) is 0.400. The van der Waals surface area contributed by atoms with Gasteiger partial charge in [0.25, 0.3) is 5.91 Å². The lowest BCUT2D eigenvalue weighted by Crippen LogP contribution is -2.26. The molecule has 11 heteroatoms. The number of nitrogens with one attached hydrogen (secondary N) is 1. The fourth-order valence-corrected chi connectivity index (χ4v) is 3.48. The van der Waals surface area contributed by atoms with Crippen LogP contribution in [-0.4, -0.2) is 67.4 Å². The number of carbonyl (C=O) groups excluding carboxylic acids is 2. The first-order chi connectivity index (χ1) is 14.9. The minimum Gasteiger partial charge on any atom is -0.479 e. The molecule has 1 atom stereocenters. The van der Waals surface area contributed by atoms with Gasteiger partial charge in [0.05, 0.1) is 7.11 Å². The van der Waals surface area contributed by atoms with Gasteiger partial charge in [0.2, 0.25) is 11.8 Å². The van der Waals surface area contributed by atoms with Gasteiger partial charge in [-0.25, -0.2) is 4.98 Å². The summed E-state index contributed by atoms with van der Waals surface area (Å²) in [5.41, 5.74) is 0.836. The number of ether oxygens (including phenoxy) is 1. The average Bonchev–Trinajstić information content (AvgIpc) is 3.44. The van der Waals surface area contributed by atoms with Crippen LogP contribution in [0.1, 0.15) is 35.6 Å². The lowest BCUT2D eigenvalue weighted by Gasteiger charge is -2.10. The van der Waals surface area contributed by atoms with E-state index in [2.05, 4.69) is 37.1 Å². The van der Waals surface area contributed by atoms with Crippen molar-refractivity contribution < 1.29 is 14.3 Å². The van der Waals surface area contributed by atoms with Gasteiger partial charge in [-0.1, -0.05) is 6.07 Å². The van der Waals surface area contributed by atoms with Crippen molar-refractivity contribution in [3.8, 4) is 17.4 Å². The molecule has 31 heavy (non-hydrogen) atoms. The van der Waals surface area contributed by atoms with E-state index >= 15 is 0 Å². The second-order valence-electron chi connectivity index (χ2n) is 7.60. The molecule has 4 heterocycles. The third-order valence-electron chi connectivity index (χ3n) is 5.17. The maximum atomic E-state index is 12.9. The molecule has 162 valence electrons. The van der Waals surface area contributed by atoms with Gasteiger partial charge in [0.15, 0.2) is 5.82 Å². The number of pyridine rings is 1. The fourth-order valence-electron chi connectivity index (χ4n) is 3.48. The normalized spacial score (nSPS) is 14.9. The number of hydrogen-bond donors (Lipinski definition) is 1. The maximum absolute atomic E-state index is 12.9. The molecule has 0 saturated heterocycles. The second kappa shape index (κ2) is 8.17. The molecule has 0 aliphatic carbocycles. The Hall–Kier alpha value is -3.76. The van der Waals surface area contributed by atoms with Gasteiger partial charge < -0.3 is 19.5 Å². The molecule has 3 aromatic rings. The third-order valence-corrected chi connectivity index (χ3v) is 5.17. The lowest BCUT2D eigenvalue weighted by atomic mass is 10.2. The van der Waals surface area contributed by atoms with Crippen LogP contribution in [0.25, 0.3) is 11.5 Å². The van der Waals surface area contributed by atoms with Crippen LogP contribution in [0.2, 0.25) is 0 Å². The highest BCUT2D eigenvalue weighted by Gasteiger charge is 2.25. The zero-order valence-corrected chi connectivity index (χ0v) is 17.9. The summed E-state index contributed by atoms with van der Waals surface area (Å²) in [6.45, 7) is 2.13. The van der Waals surface area contributed by atoms with Crippen molar-refractivity contribution in [2.75, 3.05) is 26.5 Å². The van der Waals surface area contributed by atoms with Crippen LogP contribution in [0.5, 0.6) is 5.88 Å². The van der Waals surface area contributed by atoms with Crippen LogP contribution in [0.4, 0.5) is 5.82 Å². The molecule has 0 aromatic carbocycles. The first kappa shape index (κ1) is 20.5. The molecule has 2 amide bonds. The van der Waals surface area contributed by atoms with Crippen LogP contribution in [0, 0.1) is 0 Å². The van der Waals surface area contributed by atoms with Gasteiger partial charge in [-0.3, -0.25) is 14.3 Å². The smallest absolute Gasteiger partial charge is 0.263 e. The van der Waals surface area contributed by atoms with Crippen LogP contribution < -0.4 is 10.1 Å². The Morgan fingerprint density at radius 1 is 1.29 bits per heavy atom. The van der Waals surface area contributed by atoms with Crippen molar-refractivity contribution in [3.63, 3.8) is 0 Å². The summed E-state index contributed by atoms with van der Waals surface area (Å²) in [4.78, 5) is 30.8. The van der Waals surface area contributed by atoms with Crippen molar-refractivity contribution in [2.45, 2.75) is 32.4 Å². The predicted octanol–water partition coefficient (Wildman–Crippen LogP) is 1.39. The molecule has 3 aromatic heterocycles. The first-order valence-corrected chi connectivity index (χ1v) is 9.91. The monoisotopic (exact) mass is 424 g/mol. The number of aryl methyl sites for hydroxylation is 1. The molecule has 0 unspecified atom stereocenters.